The minimum Gasteiger partial charge on any atom is -0.488 e. The first-order valence-electron chi connectivity index (χ1n) is 11.7. The number of halogens is 2. The van der Waals surface area contributed by atoms with Gasteiger partial charge in [-0.15, -0.1) is 0 Å². The molecule has 1 aromatic heterocycles. The standard InChI is InChI=1S/C31H23F2NO3/c32-31(33)37-26-13-7-12-22(16-26)14-15-25-17-27-30(28(18-25)35-20-23-8-3-1-4-9-23)29(19-34-27)36-21-24-10-5-2-6-11-24/h1-13,16-19,31,34H,20-21H2. The quantitative estimate of drug-likeness (QED) is 0.229. The van der Waals surface area contributed by atoms with Gasteiger partial charge in [0.05, 0.1) is 10.9 Å². The predicted octanol–water partition coefficient (Wildman–Crippen LogP) is 7.33. The third kappa shape index (κ3) is 6.28. The number of H-pyrrole nitrogens is 1. The molecule has 1 heterocycles. The van der Waals surface area contributed by atoms with Gasteiger partial charge < -0.3 is 19.2 Å². The molecule has 4 nitrogen and oxygen atoms in total. The molecule has 0 atom stereocenters. The van der Waals surface area contributed by atoms with E-state index in [4.69, 9.17) is 9.47 Å². The summed E-state index contributed by atoms with van der Waals surface area (Å²) in [5.41, 5.74) is 4.16. The van der Waals surface area contributed by atoms with Gasteiger partial charge in [0, 0.05) is 17.3 Å². The molecular weight excluding hydrogens is 472 g/mol. The summed E-state index contributed by atoms with van der Waals surface area (Å²) in [5.74, 6) is 7.50. The number of benzene rings is 4. The Morgan fingerprint density at radius 3 is 2.00 bits per heavy atom. The van der Waals surface area contributed by atoms with Crippen molar-refractivity contribution in [2.75, 3.05) is 0 Å². The van der Waals surface area contributed by atoms with Gasteiger partial charge in [-0.1, -0.05) is 78.6 Å². The molecule has 1 N–H and O–H groups in total. The van der Waals surface area contributed by atoms with Crippen LogP contribution in [0.4, 0.5) is 8.78 Å². The number of fused-ring (bicyclic) bond motifs is 1. The zero-order valence-electron chi connectivity index (χ0n) is 19.8. The van der Waals surface area contributed by atoms with Gasteiger partial charge in [-0.05, 0) is 41.5 Å². The van der Waals surface area contributed by atoms with Crippen LogP contribution < -0.4 is 14.2 Å². The Morgan fingerprint density at radius 2 is 1.32 bits per heavy atom. The van der Waals surface area contributed by atoms with E-state index in [0.717, 1.165) is 22.0 Å². The molecule has 37 heavy (non-hydrogen) atoms. The van der Waals surface area contributed by atoms with Crippen LogP contribution in [0.3, 0.4) is 0 Å². The van der Waals surface area contributed by atoms with Crippen molar-refractivity contribution in [3.63, 3.8) is 0 Å². The molecule has 0 amide bonds. The van der Waals surface area contributed by atoms with Crippen LogP contribution in [0.25, 0.3) is 10.9 Å². The van der Waals surface area contributed by atoms with Gasteiger partial charge in [-0.3, -0.25) is 0 Å². The fourth-order valence-electron chi connectivity index (χ4n) is 3.86. The maximum atomic E-state index is 12.6. The number of rotatable bonds is 8. The Kier molecular flexibility index (Phi) is 7.33. The van der Waals surface area contributed by atoms with E-state index in [1.165, 1.54) is 12.1 Å². The number of alkyl halides is 2. The summed E-state index contributed by atoms with van der Waals surface area (Å²) in [6, 6.07) is 29.9. The van der Waals surface area contributed by atoms with Gasteiger partial charge in [0.15, 0.2) is 0 Å². The third-order valence-electron chi connectivity index (χ3n) is 5.59. The highest BCUT2D eigenvalue weighted by atomic mass is 19.3. The Bertz CT molecular complexity index is 1540. The summed E-state index contributed by atoms with van der Waals surface area (Å²) in [7, 11) is 0. The van der Waals surface area contributed by atoms with E-state index in [1.807, 2.05) is 79.0 Å². The van der Waals surface area contributed by atoms with Crippen molar-refractivity contribution in [2.24, 2.45) is 0 Å². The fourth-order valence-corrected chi connectivity index (χ4v) is 3.86. The molecule has 5 aromatic rings. The molecular formula is C31H23F2NO3. The second-order valence-corrected chi connectivity index (χ2v) is 8.25. The lowest BCUT2D eigenvalue weighted by atomic mass is 10.1. The molecule has 5 rings (SSSR count). The molecule has 0 saturated heterocycles. The second-order valence-electron chi connectivity index (χ2n) is 8.25. The predicted molar refractivity (Wildman–Crippen MR) is 139 cm³/mol. The zero-order chi connectivity index (χ0) is 25.5. The Morgan fingerprint density at radius 1 is 0.676 bits per heavy atom. The third-order valence-corrected chi connectivity index (χ3v) is 5.59. The lowest BCUT2D eigenvalue weighted by Crippen LogP contribution is -2.01. The van der Waals surface area contributed by atoms with Crippen LogP contribution in [0.5, 0.6) is 17.2 Å². The number of nitrogens with one attached hydrogen (secondary N) is 1. The lowest BCUT2D eigenvalue weighted by Gasteiger charge is -2.11. The van der Waals surface area contributed by atoms with Crippen molar-refractivity contribution < 1.29 is 23.0 Å². The second kappa shape index (κ2) is 11.3. The van der Waals surface area contributed by atoms with Gasteiger partial charge >= 0.3 is 6.61 Å². The van der Waals surface area contributed by atoms with E-state index in [9.17, 15) is 8.78 Å². The Hall–Kier alpha value is -4.76. The van der Waals surface area contributed by atoms with Crippen LogP contribution in [-0.4, -0.2) is 11.6 Å². The van der Waals surface area contributed by atoms with E-state index < -0.39 is 6.61 Å². The van der Waals surface area contributed by atoms with E-state index in [1.54, 1.807) is 12.1 Å². The first kappa shape index (κ1) is 24.0. The van der Waals surface area contributed by atoms with Crippen LogP contribution in [0.2, 0.25) is 0 Å². The highest BCUT2D eigenvalue weighted by molar-refractivity contribution is 5.93. The summed E-state index contributed by atoms with van der Waals surface area (Å²) in [5, 5.41) is 0.824. The highest BCUT2D eigenvalue weighted by Crippen LogP contribution is 2.36. The maximum absolute atomic E-state index is 12.6. The van der Waals surface area contributed by atoms with Crippen molar-refractivity contribution in [1.29, 1.82) is 0 Å². The number of hydrogen-bond acceptors (Lipinski definition) is 3. The molecule has 0 fully saturated rings. The zero-order valence-corrected chi connectivity index (χ0v) is 19.8. The van der Waals surface area contributed by atoms with Gasteiger partial charge in [-0.2, -0.15) is 8.78 Å². The van der Waals surface area contributed by atoms with Crippen molar-refractivity contribution in [3.05, 3.63) is 126 Å². The summed E-state index contributed by atoms with van der Waals surface area (Å²) < 4.78 is 42.0. The first-order valence-corrected chi connectivity index (χ1v) is 11.7. The molecule has 0 radical (unpaired) electrons. The smallest absolute Gasteiger partial charge is 0.387 e. The largest absolute Gasteiger partial charge is 0.488 e. The van der Waals surface area contributed by atoms with Crippen LogP contribution >= 0.6 is 0 Å². The van der Waals surface area contributed by atoms with Crippen LogP contribution in [-0.2, 0) is 13.2 Å². The number of aromatic nitrogens is 1. The SMILES string of the molecule is FC(F)Oc1cccc(C#Cc2cc(OCc3ccccc3)c3c(OCc4ccccc4)c[nH]c3c2)c1. The van der Waals surface area contributed by atoms with E-state index >= 15 is 0 Å². The van der Waals surface area contributed by atoms with Crippen LogP contribution in [0.15, 0.2) is 103 Å². The van der Waals surface area contributed by atoms with Gasteiger partial charge in [0.1, 0.15) is 30.5 Å². The van der Waals surface area contributed by atoms with Gasteiger partial charge in [0.2, 0.25) is 0 Å². The van der Waals surface area contributed by atoms with E-state index in [-0.39, 0.29) is 5.75 Å². The summed E-state index contributed by atoms with van der Waals surface area (Å²) in [6.07, 6.45) is 1.81. The van der Waals surface area contributed by atoms with Crippen LogP contribution in [0, 0.1) is 11.8 Å². The van der Waals surface area contributed by atoms with Crippen LogP contribution in [0.1, 0.15) is 22.3 Å². The minimum atomic E-state index is -2.89. The summed E-state index contributed by atoms with van der Waals surface area (Å²) in [6.45, 7) is -2.09. The molecule has 6 heteroatoms. The van der Waals surface area contributed by atoms with Crippen molar-refractivity contribution in [1.82, 2.24) is 4.98 Å². The monoisotopic (exact) mass is 495 g/mol. The first-order chi connectivity index (χ1) is 18.1. The molecule has 0 saturated carbocycles. The Labute approximate surface area is 213 Å². The van der Waals surface area contributed by atoms with Gasteiger partial charge in [-0.25, -0.2) is 0 Å². The van der Waals surface area contributed by atoms with Gasteiger partial charge in [0.25, 0.3) is 0 Å². The number of hydrogen-bond donors (Lipinski definition) is 1. The average molecular weight is 496 g/mol. The molecule has 0 spiro atoms. The Balaban J connectivity index is 1.46. The number of aromatic amines is 1. The molecule has 0 aliphatic carbocycles. The molecule has 4 aromatic carbocycles. The normalized spacial score (nSPS) is 10.7. The minimum absolute atomic E-state index is 0.0636. The molecule has 0 aliphatic rings. The lowest BCUT2D eigenvalue weighted by molar-refractivity contribution is -0.0498. The topological polar surface area (TPSA) is 43.5 Å². The average Bonchev–Trinajstić information content (AvgIpc) is 3.33. The van der Waals surface area contributed by atoms with E-state index in [2.05, 4.69) is 21.6 Å². The summed E-state index contributed by atoms with van der Waals surface area (Å²) >= 11 is 0. The molecule has 184 valence electrons. The molecule has 0 bridgehead atoms. The highest BCUT2D eigenvalue weighted by Gasteiger charge is 2.14. The molecule has 0 aliphatic heterocycles. The maximum Gasteiger partial charge on any atom is 0.387 e. The van der Waals surface area contributed by atoms with Crippen molar-refractivity contribution >= 4 is 10.9 Å². The van der Waals surface area contributed by atoms with Crippen molar-refractivity contribution in [3.8, 4) is 29.1 Å². The van der Waals surface area contributed by atoms with Crippen molar-refractivity contribution in [2.45, 2.75) is 19.8 Å². The number of ether oxygens (including phenoxy) is 3. The van der Waals surface area contributed by atoms with E-state index in [0.29, 0.717) is 35.8 Å². The summed E-state index contributed by atoms with van der Waals surface area (Å²) in [4.78, 5) is 3.26. The fraction of sp³-hybridized carbons (Fsp3) is 0.0968. The molecule has 0 unspecified atom stereocenters.